The zero-order valence-electron chi connectivity index (χ0n) is 13.4. The maximum atomic E-state index is 14.1. The number of hydrogen-bond donors (Lipinski definition) is 1. The summed E-state index contributed by atoms with van der Waals surface area (Å²) in [5.74, 6) is 0.0374. The molecule has 2 heterocycles. The van der Waals surface area contributed by atoms with Gasteiger partial charge in [-0.2, -0.15) is 0 Å². The van der Waals surface area contributed by atoms with E-state index >= 15 is 0 Å². The van der Waals surface area contributed by atoms with Crippen LogP contribution < -0.4 is 11.2 Å². The first-order valence-corrected chi connectivity index (χ1v) is 9.84. The van der Waals surface area contributed by atoms with E-state index in [1.807, 2.05) is 6.07 Å². The van der Waals surface area contributed by atoms with Crippen molar-refractivity contribution in [3.8, 4) is 0 Å². The quantitative estimate of drug-likeness (QED) is 0.681. The van der Waals surface area contributed by atoms with Crippen LogP contribution in [-0.2, 0) is 6.54 Å². The van der Waals surface area contributed by atoms with Crippen LogP contribution in [0.1, 0.15) is 42.0 Å². The second kappa shape index (κ2) is 6.53. The van der Waals surface area contributed by atoms with Crippen molar-refractivity contribution in [3.05, 3.63) is 65.8 Å². The number of aromatic amines is 1. The Hall–Kier alpha value is -1.73. The fourth-order valence-electron chi connectivity index (χ4n) is 3.44. The lowest BCUT2D eigenvalue weighted by Gasteiger charge is -2.06. The third-order valence-electron chi connectivity index (χ3n) is 4.79. The molecule has 0 amide bonds. The monoisotopic (exact) mass is 422 g/mol. The molecule has 0 unspecified atom stereocenters. The molecular weight excluding hydrogens is 407 g/mol. The zero-order valence-corrected chi connectivity index (χ0v) is 15.8. The molecule has 4 nitrogen and oxygen atoms in total. The first kappa shape index (κ1) is 16.7. The number of benzene rings is 1. The van der Waals surface area contributed by atoms with Crippen LogP contribution in [0.4, 0.5) is 4.39 Å². The van der Waals surface area contributed by atoms with Gasteiger partial charge in [-0.15, -0.1) is 11.3 Å². The maximum absolute atomic E-state index is 14.1. The van der Waals surface area contributed by atoms with Crippen LogP contribution >= 0.6 is 27.3 Å². The predicted molar refractivity (Wildman–Crippen MR) is 101 cm³/mol. The number of aromatic nitrogens is 2. The Morgan fingerprint density at radius 3 is 2.72 bits per heavy atom. The molecule has 25 heavy (non-hydrogen) atoms. The fraction of sp³-hybridized carbons (Fsp3) is 0.333. The average Bonchev–Trinajstić information content (AvgIpc) is 3.22. The molecule has 130 valence electrons. The first-order valence-electron chi connectivity index (χ1n) is 8.23. The summed E-state index contributed by atoms with van der Waals surface area (Å²) in [5, 5.41) is 0.518. The minimum Gasteiger partial charge on any atom is -0.298 e. The van der Waals surface area contributed by atoms with Gasteiger partial charge in [0.2, 0.25) is 0 Å². The van der Waals surface area contributed by atoms with Crippen LogP contribution in [-0.4, -0.2) is 9.55 Å². The largest absolute Gasteiger partial charge is 0.329 e. The van der Waals surface area contributed by atoms with Crippen LogP contribution in [0.5, 0.6) is 0 Å². The van der Waals surface area contributed by atoms with Crippen LogP contribution in [0.3, 0.4) is 0 Å². The molecule has 0 bridgehead atoms. The van der Waals surface area contributed by atoms with Gasteiger partial charge in [0.15, 0.2) is 0 Å². The highest BCUT2D eigenvalue weighted by Gasteiger charge is 2.21. The van der Waals surface area contributed by atoms with Crippen LogP contribution in [0.15, 0.2) is 38.3 Å². The molecule has 1 N–H and O–H groups in total. The number of rotatable bonds is 3. The molecule has 4 rings (SSSR count). The summed E-state index contributed by atoms with van der Waals surface area (Å²) in [6.45, 7) is -0.0855. The standard InChI is InChI=1S/C18H16BrFN2O2S/c19-12-6-5-11(14(20)7-12)9-22-17(23)13-8-15(10-3-1-2-4-10)25-16(13)21-18(22)24/h5-8,10H,1-4,9H2,(H,21,24). The molecule has 1 aliphatic rings. The Morgan fingerprint density at radius 1 is 1.24 bits per heavy atom. The van der Waals surface area contributed by atoms with E-state index in [0.717, 1.165) is 22.3 Å². The minimum absolute atomic E-state index is 0.0855. The highest BCUT2D eigenvalue weighted by Crippen LogP contribution is 2.38. The van der Waals surface area contributed by atoms with E-state index in [0.29, 0.717) is 26.2 Å². The Morgan fingerprint density at radius 2 is 2.00 bits per heavy atom. The second-order valence-electron chi connectivity index (χ2n) is 6.43. The van der Waals surface area contributed by atoms with Gasteiger partial charge in [-0.3, -0.25) is 14.3 Å². The average molecular weight is 423 g/mol. The van der Waals surface area contributed by atoms with Gasteiger partial charge in [-0.25, -0.2) is 9.18 Å². The lowest BCUT2D eigenvalue weighted by molar-refractivity contribution is 0.590. The molecule has 1 aliphatic carbocycles. The molecule has 0 atom stereocenters. The smallest absolute Gasteiger partial charge is 0.298 e. The van der Waals surface area contributed by atoms with E-state index in [1.54, 1.807) is 12.1 Å². The summed E-state index contributed by atoms with van der Waals surface area (Å²) in [5.41, 5.74) is -0.553. The number of nitrogens with one attached hydrogen (secondary N) is 1. The fourth-order valence-corrected chi connectivity index (χ4v) is 4.98. The zero-order chi connectivity index (χ0) is 17.6. The van der Waals surface area contributed by atoms with Gasteiger partial charge >= 0.3 is 5.69 Å². The van der Waals surface area contributed by atoms with E-state index < -0.39 is 11.5 Å². The van der Waals surface area contributed by atoms with Crippen molar-refractivity contribution in [1.29, 1.82) is 0 Å². The second-order valence-corrected chi connectivity index (χ2v) is 8.43. The Kier molecular flexibility index (Phi) is 4.37. The SMILES string of the molecule is O=c1[nH]c2sc(C3CCCC3)cc2c(=O)n1Cc1ccc(Br)cc1F. The highest BCUT2D eigenvalue weighted by atomic mass is 79.9. The first-order chi connectivity index (χ1) is 12.0. The van der Waals surface area contributed by atoms with Crippen molar-refractivity contribution >= 4 is 37.5 Å². The summed E-state index contributed by atoms with van der Waals surface area (Å²) in [4.78, 5) is 29.7. The molecule has 1 fully saturated rings. The van der Waals surface area contributed by atoms with Crippen molar-refractivity contribution in [1.82, 2.24) is 9.55 Å². The van der Waals surface area contributed by atoms with Gasteiger partial charge in [0, 0.05) is 14.9 Å². The van der Waals surface area contributed by atoms with Crippen molar-refractivity contribution in [3.63, 3.8) is 0 Å². The number of halogens is 2. The normalized spacial score (nSPS) is 15.3. The number of thiophene rings is 1. The molecule has 7 heteroatoms. The van der Waals surface area contributed by atoms with E-state index in [-0.39, 0.29) is 12.1 Å². The van der Waals surface area contributed by atoms with E-state index in [2.05, 4.69) is 20.9 Å². The summed E-state index contributed by atoms with van der Waals surface area (Å²) in [7, 11) is 0. The van der Waals surface area contributed by atoms with Crippen molar-refractivity contribution in [2.24, 2.45) is 0 Å². The molecule has 2 aromatic heterocycles. The van der Waals surface area contributed by atoms with Gasteiger partial charge in [-0.1, -0.05) is 34.8 Å². The van der Waals surface area contributed by atoms with Crippen molar-refractivity contribution < 1.29 is 4.39 Å². The molecule has 1 saturated carbocycles. The van der Waals surface area contributed by atoms with Gasteiger partial charge in [0.05, 0.1) is 11.9 Å². The Labute approximate surface area is 155 Å². The predicted octanol–water partition coefficient (Wildman–Crippen LogP) is 4.36. The van der Waals surface area contributed by atoms with Gasteiger partial charge in [0.25, 0.3) is 5.56 Å². The Bertz CT molecular complexity index is 1060. The number of H-pyrrole nitrogens is 1. The number of hydrogen-bond acceptors (Lipinski definition) is 3. The van der Waals surface area contributed by atoms with Crippen LogP contribution in [0, 0.1) is 5.82 Å². The van der Waals surface area contributed by atoms with Crippen LogP contribution in [0.25, 0.3) is 10.2 Å². The molecule has 3 aromatic rings. The molecule has 0 radical (unpaired) electrons. The van der Waals surface area contributed by atoms with Crippen molar-refractivity contribution in [2.75, 3.05) is 0 Å². The van der Waals surface area contributed by atoms with Gasteiger partial charge < -0.3 is 0 Å². The van der Waals surface area contributed by atoms with E-state index in [4.69, 9.17) is 0 Å². The van der Waals surface area contributed by atoms with E-state index in [1.165, 1.54) is 30.2 Å². The van der Waals surface area contributed by atoms with Crippen LogP contribution in [0.2, 0.25) is 0 Å². The van der Waals surface area contributed by atoms with E-state index in [9.17, 15) is 14.0 Å². The minimum atomic E-state index is -0.500. The highest BCUT2D eigenvalue weighted by molar-refractivity contribution is 9.10. The summed E-state index contributed by atoms with van der Waals surface area (Å²) < 4.78 is 15.8. The van der Waals surface area contributed by atoms with Crippen molar-refractivity contribution in [2.45, 2.75) is 38.1 Å². The third kappa shape index (κ3) is 3.11. The maximum Gasteiger partial charge on any atom is 0.329 e. The number of nitrogens with zero attached hydrogens (tertiary/aromatic N) is 1. The summed E-state index contributed by atoms with van der Waals surface area (Å²) in [6.07, 6.45) is 4.69. The topological polar surface area (TPSA) is 54.9 Å². The third-order valence-corrected chi connectivity index (χ3v) is 6.50. The number of fused-ring (bicyclic) bond motifs is 1. The molecule has 0 aliphatic heterocycles. The lowest BCUT2D eigenvalue weighted by atomic mass is 10.1. The molecule has 0 saturated heterocycles. The molecule has 1 aromatic carbocycles. The summed E-state index contributed by atoms with van der Waals surface area (Å²) in [6, 6.07) is 6.50. The molecular formula is C18H16BrFN2O2S. The Balaban J connectivity index is 1.78. The summed E-state index contributed by atoms with van der Waals surface area (Å²) >= 11 is 4.70. The molecule has 0 spiro atoms. The van der Waals surface area contributed by atoms with Gasteiger partial charge in [-0.05, 0) is 37.0 Å². The lowest BCUT2D eigenvalue weighted by Crippen LogP contribution is -2.35. The van der Waals surface area contributed by atoms with Gasteiger partial charge in [0.1, 0.15) is 10.6 Å².